The Balaban J connectivity index is 1.09. The molecule has 0 aliphatic rings. The van der Waals surface area contributed by atoms with Gasteiger partial charge in [-0.2, -0.15) is 0 Å². The van der Waals surface area contributed by atoms with Gasteiger partial charge in [-0.3, -0.25) is 4.57 Å². The van der Waals surface area contributed by atoms with Crippen LogP contribution in [0.5, 0.6) is 0 Å². The van der Waals surface area contributed by atoms with Gasteiger partial charge in [0.25, 0.3) is 0 Å². The average Bonchev–Trinajstić information content (AvgIpc) is 3.80. The van der Waals surface area contributed by atoms with Gasteiger partial charge in [0.2, 0.25) is 0 Å². The molecule has 270 valence electrons. The number of pyridine rings is 1. The first kappa shape index (κ1) is 32.3. The Morgan fingerprint density at radius 1 is 0.345 bits per heavy atom. The molecule has 0 atom stereocenters. The zero-order valence-corrected chi connectivity index (χ0v) is 31.2. The van der Waals surface area contributed by atoms with Crippen LogP contribution in [0, 0.1) is 0 Å². The van der Waals surface area contributed by atoms with E-state index in [2.05, 4.69) is 130 Å². The maximum absolute atomic E-state index is 5.07. The van der Waals surface area contributed by atoms with Gasteiger partial charge in [-0.15, -0.1) is 0 Å². The molecule has 12 aromatic rings. The van der Waals surface area contributed by atoms with Crippen molar-refractivity contribution in [2.75, 3.05) is 0 Å². The molecule has 0 radical (unpaired) electrons. The molecule has 4 heterocycles. The Labute approximate surface area is 333 Å². The minimum Gasteiger partial charge on any atom is -0.309 e. The van der Waals surface area contributed by atoms with Crippen molar-refractivity contribution in [1.29, 1.82) is 0 Å². The molecule has 58 heavy (non-hydrogen) atoms. The van der Waals surface area contributed by atoms with Crippen molar-refractivity contribution in [1.82, 2.24) is 29.1 Å². The van der Waals surface area contributed by atoms with Crippen LogP contribution in [0.4, 0.5) is 0 Å². The monoisotopic (exact) mass is 740 g/mol. The highest BCUT2D eigenvalue weighted by Crippen LogP contribution is 2.42. The van der Waals surface area contributed by atoms with E-state index in [0.717, 1.165) is 61.0 Å². The second-order valence-electron chi connectivity index (χ2n) is 14.7. The highest BCUT2D eigenvalue weighted by molar-refractivity contribution is 6.25. The van der Waals surface area contributed by atoms with Gasteiger partial charge in [0.05, 0.1) is 22.1 Å². The molecule has 0 fully saturated rings. The first-order chi connectivity index (χ1) is 28.8. The number of benzene rings is 8. The minimum atomic E-state index is 0.639. The summed E-state index contributed by atoms with van der Waals surface area (Å²) < 4.78 is 4.71. The van der Waals surface area contributed by atoms with Crippen LogP contribution >= 0.6 is 0 Å². The smallest absolute Gasteiger partial charge is 0.164 e. The quantitative estimate of drug-likeness (QED) is 0.176. The Morgan fingerprint density at radius 2 is 1.02 bits per heavy atom. The van der Waals surface area contributed by atoms with Gasteiger partial charge in [-0.25, -0.2) is 19.9 Å². The fourth-order valence-corrected chi connectivity index (χ4v) is 8.79. The third-order valence-electron chi connectivity index (χ3n) is 11.4. The lowest BCUT2D eigenvalue weighted by atomic mass is 10.0. The molecule has 0 aliphatic heterocycles. The lowest BCUT2D eigenvalue weighted by Gasteiger charge is -2.13. The number of hydrogen-bond acceptors (Lipinski definition) is 4. The maximum atomic E-state index is 5.07. The first-order valence-corrected chi connectivity index (χ1v) is 19.5. The molecule has 0 saturated carbocycles. The Hall–Kier alpha value is -7.96. The summed E-state index contributed by atoms with van der Waals surface area (Å²) >= 11 is 0. The van der Waals surface area contributed by atoms with Crippen molar-refractivity contribution >= 4 is 65.2 Å². The maximum Gasteiger partial charge on any atom is 0.164 e. The van der Waals surface area contributed by atoms with E-state index < -0.39 is 0 Å². The fraction of sp³-hybridized carbons (Fsp3) is 0. The van der Waals surface area contributed by atoms with Crippen molar-refractivity contribution in [3.8, 4) is 45.7 Å². The molecule has 0 amide bonds. The van der Waals surface area contributed by atoms with E-state index >= 15 is 0 Å². The van der Waals surface area contributed by atoms with Crippen molar-refractivity contribution in [3.63, 3.8) is 0 Å². The van der Waals surface area contributed by atoms with Gasteiger partial charge < -0.3 is 4.57 Å². The van der Waals surface area contributed by atoms with Crippen LogP contribution in [0.25, 0.3) is 111 Å². The number of nitrogens with zero attached hydrogens (tertiary/aromatic N) is 6. The van der Waals surface area contributed by atoms with Gasteiger partial charge >= 0.3 is 0 Å². The van der Waals surface area contributed by atoms with E-state index in [1.165, 1.54) is 32.3 Å². The molecule has 0 bridgehead atoms. The van der Waals surface area contributed by atoms with Gasteiger partial charge in [-0.05, 0) is 70.1 Å². The van der Waals surface area contributed by atoms with E-state index in [1.807, 2.05) is 72.9 Å². The van der Waals surface area contributed by atoms with Crippen LogP contribution in [-0.2, 0) is 0 Å². The third-order valence-corrected chi connectivity index (χ3v) is 11.4. The van der Waals surface area contributed by atoms with Crippen molar-refractivity contribution in [2.24, 2.45) is 0 Å². The number of fused-ring (bicyclic) bond motifs is 9. The standard InChI is InChI=1S/C52H32N6/c1-3-15-34(16-4-1)50-54-51(35-17-5-2-6-18-35)56-52(55-50)41-22-13-19-36-30-37(26-27-38(36)41)57-44-23-10-9-21-40(44)42-31-43-47(32-46(42)57)58(48-24-11-12-29-53-48)45-28-25-33-14-7-8-20-39(33)49(43)45/h1-32H. The van der Waals surface area contributed by atoms with Crippen molar-refractivity contribution in [3.05, 3.63) is 194 Å². The molecule has 6 heteroatoms. The SMILES string of the molecule is c1ccc(-c2nc(-c3ccccc3)nc(-c3cccc4cc(-n5c6ccccc6c6cc7c8c9ccccc9ccc8n(-c8ccccn8)c7cc65)ccc34)n2)cc1. The molecule has 4 aromatic heterocycles. The summed E-state index contributed by atoms with van der Waals surface area (Å²) in [5.41, 5.74) is 8.45. The molecule has 0 spiro atoms. The van der Waals surface area contributed by atoms with Gasteiger partial charge in [0.15, 0.2) is 17.5 Å². The topological polar surface area (TPSA) is 61.4 Å². The van der Waals surface area contributed by atoms with Crippen LogP contribution in [0.3, 0.4) is 0 Å². The van der Waals surface area contributed by atoms with Gasteiger partial charge in [-0.1, -0.05) is 140 Å². The van der Waals surface area contributed by atoms with Crippen molar-refractivity contribution < 1.29 is 0 Å². The molecule has 12 rings (SSSR count). The van der Waals surface area contributed by atoms with Crippen LogP contribution < -0.4 is 0 Å². The van der Waals surface area contributed by atoms with E-state index in [9.17, 15) is 0 Å². The second kappa shape index (κ2) is 12.8. The van der Waals surface area contributed by atoms with E-state index in [-0.39, 0.29) is 0 Å². The summed E-state index contributed by atoms with van der Waals surface area (Å²) in [5, 5.41) is 9.48. The van der Waals surface area contributed by atoms with E-state index in [4.69, 9.17) is 19.9 Å². The van der Waals surface area contributed by atoms with E-state index in [1.54, 1.807) is 0 Å². The summed E-state index contributed by atoms with van der Waals surface area (Å²) in [4.78, 5) is 19.9. The van der Waals surface area contributed by atoms with Crippen LogP contribution in [0.15, 0.2) is 194 Å². The zero-order chi connectivity index (χ0) is 38.2. The zero-order valence-electron chi connectivity index (χ0n) is 31.2. The highest BCUT2D eigenvalue weighted by Gasteiger charge is 2.21. The molecule has 8 aromatic carbocycles. The van der Waals surface area contributed by atoms with Crippen molar-refractivity contribution in [2.45, 2.75) is 0 Å². The largest absolute Gasteiger partial charge is 0.309 e. The Kier molecular flexibility index (Phi) is 7.13. The van der Waals surface area contributed by atoms with Gasteiger partial charge in [0.1, 0.15) is 5.82 Å². The molecule has 6 nitrogen and oxygen atoms in total. The number of rotatable bonds is 5. The van der Waals surface area contributed by atoms with Crippen LogP contribution in [0.2, 0.25) is 0 Å². The van der Waals surface area contributed by atoms with Crippen LogP contribution in [-0.4, -0.2) is 29.1 Å². The normalized spacial score (nSPS) is 11.8. The lowest BCUT2D eigenvalue weighted by molar-refractivity contribution is 1.08. The molecule has 0 saturated heterocycles. The van der Waals surface area contributed by atoms with Gasteiger partial charge in [0, 0.05) is 50.1 Å². The molecule has 0 N–H and O–H groups in total. The summed E-state index contributed by atoms with van der Waals surface area (Å²) in [7, 11) is 0. The summed E-state index contributed by atoms with van der Waals surface area (Å²) in [6, 6.07) is 66.1. The number of hydrogen-bond donors (Lipinski definition) is 0. The summed E-state index contributed by atoms with van der Waals surface area (Å²) in [6.07, 6.45) is 1.87. The predicted molar refractivity (Wildman–Crippen MR) is 238 cm³/mol. The number of aromatic nitrogens is 6. The highest BCUT2D eigenvalue weighted by atomic mass is 15.1. The first-order valence-electron chi connectivity index (χ1n) is 19.5. The lowest BCUT2D eigenvalue weighted by Crippen LogP contribution is -2.00. The average molecular weight is 741 g/mol. The molecular weight excluding hydrogens is 709 g/mol. The third kappa shape index (κ3) is 4.98. The Morgan fingerprint density at radius 3 is 1.79 bits per heavy atom. The predicted octanol–water partition coefficient (Wildman–Crippen LogP) is 12.8. The van der Waals surface area contributed by atoms with Crippen LogP contribution in [0.1, 0.15) is 0 Å². The Bertz CT molecular complexity index is 3500. The minimum absolute atomic E-state index is 0.639. The van der Waals surface area contributed by atoms with E-state index in [0.29, 0.717) is 17.5 Å². The second-order valence-corrected chi connectivity index (χ2v) is 14.7. The summed E-state index contributed by atoms with van der Waals surface area (Å²) in [6.45, 7) is 0. The molecular formula is C52H32N6. The summed E-state index contributed by atoms with van der Waals surface area (Å²) in [5.74, 6) is 2.82. The number of para-hydroxylation sites is 1. The molecule has 0 aliphatic carbocycles. The molecule has 0 unspecified atom stereocenters. The fourth-order valence-electron chi connectivity index (χ4n) is 8.79.